The minimum Gasteiger partial charge on any atom is -0.379 e. The van der Waals surface area contributed by atoms with Crippen molar-refractivity contribution in [3.63, 3.8) is 0 Å². The minimum atomic E-state index is 0.117. The van der Waals surface area contributed by atoms with Gasteiger partial charge in [-0.25, -0.2) is 0 Å². The molecular formula is C13H27N3O. The van der Waals surface area contributed by atoms with Gasteiger partial charge in [0.25, 0.3) is 0 Å². The average molecular weight is 241 g/mol. The Balaban J connectivity index is 2.01. The van der Waals surface area contributed by atoms with Crippen LogP contribution in [0.4, 0.5) is 0 Å². The van der Waals surface area contributed by atoms with Crippen LogP contribution in [0.1, 0.15) is 26.7 Å². The highest BCUT2D eigenvalue weighted by Gasteiger charge is 2.40. The lowest BCUT2D eigenvalue weighted by atomic mass is 9.89. The van der Waals surface area contributed by atoms with Crippen LogP contribution < -0.4 is 5.73 Å². The Morgan fingerprint density at radius 1 is 1.41 bits per heavy atom. The summed E-state index contributed by atoms with van der Waals surface area (Å²) in [6.07, 6.45) is 2.35. The van der Waals surface area contributed by atoms with E-state index in [1.165, 1.54) is 13.0 Å². The monoisotopic (exact) mass is 241 g/mol. The Morgan fingerprint density at radius 2 is 2.24 bits per heavy atom. The van der Waals surface area contributed by atoms with Crippen LogP contribution in [0.5, 0.6) is 0 Å². The normalized spacial score (nSPS) is 37.2. The zero-order valence-corrected chi connectivity index (χ0v) is 11.3. The van der Waals surface area contributed by atoms with Gasteiger partial charge in [0.2, 0.25) is 0 Å². The molecule has 0 aromatic carbocycles. The second-order valence-electron chi connectivity index (χ2n) is 5.51. The van der Waals surface area contributed by atoms with Crippen molar-refractivity contribution < 1.29 is 4.74 Å². The van der Waals surface area contributed by atoms with Crippen molar-refractivity contribution in [2.45, 2.75) is 38.3 Å². The molecule has 0 aromatic rings. The second-order valence-corrected chi connectivity index (χ2v) is 5.51. The smallest absolute Gasteiger partial charge is 0.0662 e. The lowest BCUT2D eigenvalue weighted by Crippen LogP contribution is -2.65. The highest BCUT2D eigenvalue weighted by Crippen LogP contribution is 2.27. The molecule has 0 radical (unpaired) electrons. The molecule has 0 spiro atoms. The van der Waals surface area contributed by atoms with Gasteiger partial charge in [0.15, 0.2) is 0 Å². The van der Waals surface area contributed by atoms with E-state index in [2.05, 4.69) is 23.6 Å². The zero-order valence-electron chi connectivity index (χ0n) is 11.3. The zero-order chi connectivity index (χ0) is 12.3. The molecule has 2 rings (SSSR count). The molecule has 2 atom stereocenters. The Morgan fingerprint density at radius 3 is 2.76 bits per heavy atom. The third-order valence-corrected chi connectivity index (χ3v) is 4.52. The molecule has 0 aliphatic carbocycles. The molecule has 0 aromatic heterocycles. The highest BCUT2D eigenvalue weighted by molar-refractivity contribution is 4.97. The lowest BCUT2D eigenvalue weighted by Gasteiger charge is -2.50. The van der Waals surface area contributed by atoms with E-state index in [1.807, 2.05) is 0 Å². The first-order chi connectivity index (χ1) is 8.22. The fourth-order valence-corrected chi connectivity index (χ4v) is 3.27. The number of ether oxygens (including phenoxy) is 1. The van der Waals surface area contributed by atoms with E-state index >= 15 is 0 Å². The third kappa shape index (κ3) is 2.65. The van der Waals surface area contributed by atoms with Crippen LogP contribution in [0.15, 0.2) is 0 Å². The van der Waals surface area contributed by atoms with Crippen molar-refractivity contribution in [1.82, 2.24) is 9.80 Å². The summed E-state index contributed by atoms with van der Waals surface area (Å²) < 4.78 is 5.68. The number of nitrogens with zero attached hydrogens (tertiary/aromatic N) is 2. The van der Waals surface area contributed by atoms with E-state index in [0.717, 1.165) is 45.8 Å². The Kier molecular flexibility index (Phi) is 4.42. The fraction of sp³-hybridized carbons (Fsp3) is 1.00. The molecule has 2 saturated heterocycles. The van der Waals surface area contributed by atoms with Crippen LogP contribution in [-0.4, -0.2) is 67.3 Å². The van der Waals surface area contributed by atoms with Crippen molar-refractivity contribution >= 4 is 0 Å². The van der Waals surface area contributed by atoms with Crippen molar-refractivity contribution in [2.24, 2.45) is 5.73 Å². The SMILES string of the molecule is CCN1CCN(C2(CN)CCCOC2)CC1C. The number of piperazine rings is 1. The van der Waals surface area contributed by atoms with Gasteiger partial charge in [-0.3, -0.25) is 9.80 Å². The first-order valence-electron chi connectivity index (χ1n) is 6.99. The van der Waals surface area contributed by atoms with Crippen LogP contribution >= 0.6 is 0 Å². The van der Waals surface area contributed by atoms with Gasteiger partial charge in [-0.05, 0) is 26.3 Å². The van der Waals surface area contributed by atoms with Crippen molar-refractivity contribution in [2.75, 3.05) is 45.9 Å². The molecule has 0 bridgehead atoms. The quantitative estimate of drug-likeness (QED) is 0.782. The van der Waals surface area contributed by atoms with Gasteiger partial charge in [-0.1, -0.05) is 6.92 Å². The third-order valence-electron chi connectivity index (χ3n) is 4.52. The standard InChI is InChI=1S/C13H27N3O/c1-3-15-6-7-16(9-12(15)2)13(10-14)5-4-8-17-11-13/h12H,3-11,14H2,1-2H3. The summed E-state index contributed by atoms with van der Waals surface area (Å²) in [6.45, 7) is 11.6. The second kappa shape index (κ2) is 5.65. The summed E-state index contributed by atoms with van der Waals surface area (Å²) in [6, 6.07) is 0.638. The minimum absolute atomic E-state index is 0.117. The van der Waals surface area contributed by atoms with Crippen LogP contribution in [0.3, 0.4) is 0 Å². The van der Waals surface area contributed by atoms with Crippen LogP contribution in [0.2, 0.25) is 0 Å². The summed E-state index contributed by atoms with van der Waals surface area (Å²) in [5, 5.41) is 0. The number of nitrogens with two attached hydrogens (primary N) is 1. The fourth-order valence-electron chi connectivity index (χ4n) is 3.27. The van der Waals surface area contributed by atoms with E-state index in [9.17, 15) is 0 Å². The molecule has 2 aliphatic heterocycles. The summed E-state index contributed by atoms with van der Waals surface area (Å²) in [5.41, 5.74) is 6.16. The predicted molar refractivity (Wildman–Crippen MR) is 70.1 cm³/mol. The molecule has 2 unspecified atom stereocenters. The molecule has 17 heavy (non-hydrogen) atoms. The van der Waals surface area contributed by atoms with Crippen molar-refractivity contribution in [3.05, 3.63) is 0 Å². The Labute approximate surface area is 105 Å². The molecule has 2 fully saturated rings. The van der Waals surface area contributed by atoms with Gasteiger partial charge in [-0.2, -0.15) is 0 Å². The largest absolute Gasteiger partial charge is 0.379 e. The summed E-state index contributed by atoms with van der Waals surface area (Å²) in [4.78, 5) is 5.13. The number of hydrogen-bond donors (Lipinski definition) is 1. The van der Waals surface area contributed by atoms with E-state index < -0.39 is 0 Å². The summed E-state index contributed by atoms with van der Waals surface area (Å²) >= 11 is 0. The maximum Gasteiger partial charge on any atom is 0.0662 e. The molecule has 0 saturated carbocycles. The molecule has 2 heterocycles. The van der Waals surface area contributed by atoms with E-state index in [0.29, 0.717) is 6.04 Å². The Bertz CT molecular complexity index is 241. The molecule has 4 nitrogen and oxygen atoms in total. The molecule has 2 N–H and O–H groups in total. The molecule has 0 amide bonds. The summed E-state index contributed by atoms with van der Waals surface area (Å²) in [7, 11) is 0. The number of rotatable bonds is 3. The maximum atomic E-state index is 6.05. The van der Waals surface area contributed by atoms with Gasteiger partial charge in [0, 0.05) is 38.8 Å². The van der Waals surface area contributed by atoms with Gasteiger partial charge >= 0.3 is 0 Å². The number of hydrogen-bond acceptors (Lipinski definition) is 4. The summed E-state index contributed by atoms with van der Waals surface area (Å²) in [5.74, 6) is 0. The topological polar surface area (TPSA) is 41.7 Å². The lowest BCUT2D eigenvalue weighted by molar-refractivity contribution is -0.0706. The van der Waals surface area contributed by atoms with Crippen LogP contribution in [0, 0.1) is 0 Å². The van der Waals surface area contributed by atoms with Gasteiger partial charge in [0.1, 0.15) is 0 Å². The highest BCUT2D eigenvalue weighted by atomic mass is 16.5. The molecule has 100 valence electrons. The van der Waals surface area contributed by atoms with Crippen molar-refractivity contribution in [3.8, 4) is 0 Å². The molecule has 2 aliphatic rings. The van der Waals surface area contributed by atoms with E-state index in [1.54, 1.807) is 0 Å². The van der Waals surface area contributed by atoms with Gasteiger partial charge in [0.05, 0.1) is 12.1 Å². The van der Waals surface area contributed by atoms with Crippen LogP contribution in [-0.2, 0) is 4.74 Å². The molecule has 4 heteroatoms. The first-order valence-corrected chi connectivity index (χ1v) is 6.99. The van der Waals surface area contributed by atoms with Gasteiger partial charge in [-0.15, -0.1) is 0 Å². The average Bonchev–Trinajstić information content (AvgIpc) is 2.39. The van der Waals surface area contributed by atoms with Crippen LogP contribution in [0.25, 0.3) is 0 Å². The van der Waals surface area contributed by atoms with Gasteiger partial charge < -0.3 is 10.5 Å². The van der Waals surface area contributed by atoms with E-state index in [-0.39, 0.29) is 5.54 Å². The predicted octanol–water partition coefficient (Wildman–Crippen LogP) is 0.520. The van der Waals surface area contributed by atoms with Crippen molar-refractivity contribution in [1.29, 1.82) is 0 Å². The van der Waals surface area contributed by atoms with E-state index in [4.69, 9.17) is 10.5 Å². The molecular weight excluding hydrogens is 214 g/mol. The maximum absolute atomic E-state index is 6.05. The first kappa shape index (κ1) is 13.3. The Hall–Kier alpha value is -0.160. The number of likely N-dealkylation sites (N-methyl/N-ethyl adjacent to an activating group) is 1.